The molecule has 0 saturated heterocycles. The quantitative estimate of drug-likeness (QED) is 0.173. The second kappa shape index (κ2) is 11.4. The highest BCUT2D eigenvalue weighted by atomic mass is 35.5. The highest BCUT2D eigenvalue weighted by Gasteiger charge is 2.12. The van der Waals surface area contributed by atoms with E-state index in [1.807, 2.05) is 65.2 Å². The molecule has 1 heterocycles. The Balaban J connectivity index is 1.39. The zero-order valence-electron chi connectivity index (χ0n) is 20.3. The maximum atomic E-state index is 12.7. The Morgan fingerprint density at radius 2 is 1.74 bits per heavy atom. The topological polar surface area (TPSA) is 77.7 Å². The van der Waals surface area contributed by atoms with Gasteiger partial charge in [0.15, 0.2) is 11.5 Å². The molecule has 0 fully saturated rings. The van der Waals surface area contributed by atoms with Gasteiger partial charge in [0.2, 0.25) is 5.95 Å². The van der Waals surface area contributed by atoms with Gasteiger partial charge in [0.25, 0.3) is 5.56 Å². The SMILES string of the molecule is COc1cc(/C=N\Nc2nc(=O)c3ccccc3n2-c2ccccc2)ccc1OCc1ccc(Cl)cc1Cl. The molecule has 0 saturated carbocycles. The molecule has 7 nitrogen and oxygen atoms in total. The van der Waals surface area contributed by atoms with Crippen LogP contribution in [0.3, 0.4) is 0 Å². The average molecular weight is 545 g/mol. The lowest BCUT2D eigenvalue weighted by atomic mass is 10.2. The smallest absolute Gasteiger partial charge is 0.282 e. The summed E-state index contributed by atoms with van der Waals surface area (Å²) >= 11 is 12.2. The number of ether oxygens (including phenoxy) is 2. The lowest BCUT2D eigenvalue weighted by Gasteiger charge is -2.15. The van der Waals surface area contributed by atoms with E-state index in [0.29, 0.717) is 32.9 Å². The first kappa shape index (κ1) is 25.3. The molecule has 0 aliphatic heterocycles. The van der Waals surface area contributed by atoms with Crippen LogP contribution in [0.15, 0.2) is 101 Å². The molecule has 0 unspecified atom stereocenters. The van der Waals surface area contributed by atoms with Gasteiger partial charge in [-0.2, -0.15) is 10.1 Å². The van der Waals surface area contributed by atoms with Gasteiger partial charge in [-0.05, 0) is 60.2 Å². The van der Waals surface area contributed by atoms with Gasteiger partial charge in [-0.25, -0.2) is 5.43 Å². The Hall–Kier alpha value is -4.33. The van der Waals surface area contributed by atoms with Crippen LogP contribution < -0.4 is 20.5 Å². The number of hydrogen-bond acceptors (Lipinski definition) is 6. The number of nitrogens with one attached hydrogen (secondary N) is 1. The number of rotatable bonds is 8. The Morgan fingerprint density at radius 1 is 0.947 bits per heavy atom. The number of anilines is 1. The van der Waals surface area contributed by atoms with E-state index in [0.717, 1.165) is 22.3 Å². The summed E-state index contributed by atoms with van der Waals surface area (Å²) in [6.07, 6.45) is 1.61. The number of hydrogen-bond donors (Lipinski definition) is 1. The third kappa shape index (κ3) is 5.49. The van der Waals surface area contributed by atoms with Crippen molar-refractivity contribution in [2.75, 3.05) is 12.5 Å². The Kier molecular flexibility index (Phi) is 7.58. The molecule has 4 aromatic carbocycles. The Morgan fingerprint density at radius 3 is 2.53 bits per heavy atom. The van der Waals surface area contributed by atoms with Gasteiger partial charge in [0.1, 0.15) is 6.61 Å². The van der Waals surface area contributed by atoms with E-state index >= 15 is 0 Å². The number of fused-ring (bicyclic) bond motifs is 1. The molecular formula is C29H22Cl2N4O3. The third-order valence-corrected chi connectivity index (χ3v) is 6.36. The van der Waals surface area contributed by atoms with Crippen LogP contribution in [0.2, 0.25) is 10.0 Å². The molecule has 38 heavy (non-hydrogen) atoms. The molecule has 190 valence electrons. The summed E-state index contributed by atoms with van der Waals surface area (Å²) in [7, 11) is 1.56. The number of para-hydroxylation sites is 2. The fraction of sp³-hybridized carbons (Fsp3) is 0.0690. The summed E-state index contributed by atoms with van der Waals surface area (Å²) in [5.41, 5.74) is 5.71. The minimum absolute atomic E-state index is 0.256. The standard InChI is InChI=1S/C29H22Cl2N4O3/c1-37-27-15-19(11-14-26(27)38-18-20-12-13-21(30)16-24(20)31)17-32-34-29-33-28(36)23-9-5-6-10-25(23)35(29)22-7-3-2-4-8-22/h2-17H,18H2,1H3,(H,33,34,36)/b32-17-. The van der Waals surface area contributed by atoms with Crippen LogP contribution in [0, 0.1) is 0 Å². The second-order valence-electron chi connectivity index (χ2n) is 8.23. The predicted octanol–water partition coefficient (Wildman–Crippen LogP) is 6.73. The van der Waals surface area contributed by atoms with Gasteiger partial charge in [-0.3, -0.25) is 9.36 Å². The molecule has 0 spiro atoms. The first-order chi connectivity index (χ1) is 18.5. The average Bonchev–Trinajstić information content (AvgIpc) is 2.93. The summed E-state index contributed by atoms with van der Waals surface area (Å²) in [6, 6.07) is 27.7. The van der Waals surface area contributed by atoms with E-state index in [-0.39, 0.29) is 12.2 Å². The molecule has 5 aromatic rings. The lowest BCUT2D eigenvalue weighted by molar-refractivity contribution is 0.284. The van der Waals surface area contributed by atoms with Gasteiger partial charge >= 0.3 is 0 Å². The van der Waals surface area contributed by atoms with Crippen molar-refractivity contribution >= 4 is 46.3 Å². The maximum absolute atomic E-state index is 12.7. The molecule has 0 aliphatic carbocycles. The van der Waals surface area contributed by atoms with Crippen LogP contribution in [0.5, 0.6) is 11.5 Å². The fourth-order valence-electron chi connectivity index (χ4n) is 3.93. The van der Waals surface area contributed by atoms with E-state index in [2.05, 4.69) is 15.5 Å². The highest BCUT2D eigenvalue weighted by molar-refractivity contribution is 6.35. The minimum atomic E-state index is -0.338. The molecule has 0 atom stereocenters. The summed E-state index contributed by atoms with van der Waals surface area (Å²) in [6.45, 7) is 0.256. The molecule has 0 radical (unpaired) electrons. The van der Waals surface area contributed by atoms with Crippen molar-refractivity contribution in [3.63, 3.8) is 0 Å². The number of aromatic nitrogens is 2. The zero-order chi connectivity index (χ0) is 26.5. The number of hydrazone groups is 1. The van der Waals surface area contributed by atoms with Crippen LogP contribution in [0.1, 0.15) is 11.1 Å². The third-order valence-electron chi connectivity index (χ3n) is 5.77. The normalized spacial score (nSPS) is 11.1. The van der Waals surface area contributed by atoms with Crippen LogP contribution in [-0.4, -0.2) is 22.9 Å². The summed E-state index contributed by atoms with van der Waals surface area (Å²) in [5, 5.41) is 5.95. The van der Waals surface area contributed by atoms with Crippen molar-refractivity contribution in [1.82, 2.24) is 9.55 Å². The molecular weight excluding hydrogens is 523 g/mol. The minimum Gasteiger partial charge on any atom is -0.493 e. The molecule has 0 aliphatic rings. The van der Waals surface area contributed by atoms with Crippen LogP contribution in [0.4, 0.5) is 5.95 Å². The number of benzene rings is 4. The monoisotopic (exact) mass is 544 g/mol. The maximum Gasteiger partial charge on any atom is 0.282 e. The van der Waals surface area contributed by atoms with Crippen LogP contribution in [0.25, 0.3) is 16.6 Å². The summed E-state index contributed by atoms with van der Waals surface area (Å²) in [5.74, 6) is 1.38. The fourth-order valence-corrected chi connectivity index (χ4v) is 4.39. The van der Waals surface area contributed by atoms with Crippen molar-refractivity contribution < 1.29 is 9.47 Å². The predicted molar refractivity (Wildman–Crippen MR) is 152 cm³/mol. The van der Waals surface area contributed by atoms with Gasteiger partial charge in [0, 0.05) is 21.3 Å². The van der Waals surface area contributed by atoms with Crippen molar-refractivity contribution in [3.8, 4) is 17.2 Å². The van der Waals surface area contributed by atoms with E-state index in [1.165, 1.54) is 0 Å². The highest BCUT2D eigenvalue weighted by Crippen LogP contribution is 2.30. The van der Waals surface area contributed by atoms with Crippen LogP contribution >= 0.6 is 23.2 Å². The summed E-state index contributed by atoms with van der Waals surface area (Å²) < 4.78 is 13.3. The molecule has 0 bridgehead atoms. The molecule has 1 aromatic heterocycles. The Bertz CT molecular complexity index is 1690. The zero-order valence-corrected chi connectivity index (χ0v) is 21.8. The second-order valence-corrected chi connectivity index (χ2v) is 9.08. The van der Waals surface area contributed by atoms with Crippen molar-refractivity contribution in [3.05, 3.63) is 123 Å². The number of methoxy groups -OCH3 is 1. The van der Waals surface area contributed by atoms with Crippen molar-refractivity contribution in [2.24, 2.45) is 5.10 Å². The van der Waals surface area contributed by atoms with Gasteiger partial charge in [-0.15, -0.1) is 0 Å². The molecule has 9 heteroatoms. The van der Waals surface area contributed by atoms with Crippen molar-refractivity contribution in [1.29, 1.82) is 0 Å². The first-order valence-corrected chi connectivity index (χ1v) is 12.4. The lowest BCUT2D eigenvalue weighted by Crippen LogP contribution is -2.16. The van der Waals surface area contributed by atoms with E-state index in [9.17, 15) is 4.79 Å². The molecule has 1 N–H and O–H groups in total. The van der Waals surface area contributed by atoms with Gasteiger partial charge in [0.05, 0.1) is 24.2 Å². The largest absolute Gasteiger partial charge is 0.493 e. The van der Waals surface area contributed by atoms with E-state index in [4.69, 9.17) is 32.7 Å². The molecule has 0 amide bonds. The summed E-state index contributed by atoms with van der Waals surface area (Å²) in [4.78, 5) is 16.9. The Labute approximate surface area is 228 Å². The van der Waals surface area contributed by atoms with E-state index in [1.54, 1.807) is 43.7 Å². The number of halogens is 2. The van der Waals surface area contributed by atoms with Gasteiger partial charge in [-0.1, -0.05) is 59.6 Å². The van der Waals surface area contributed by atoms with Crippen molar-refractivity contribution in [2.45, 2.75) is 6.61 Å². The van der Waals surface area contributed by atoms with Gasteiger partial charge < -0.3 is 9.47 Å². The number of nitrogens with zero attached hydrogens (tertiary/aromatic N) is 3. The van der Waals surface area contributed by atoms with Crippen LogP contribution in [-0.2, 0) is 6.61 Å². The van der Waals surface area contributed by atoms with E-state index < -0.39 is 0 Å². The molecule has 5 rings (SSSR count). The first-order valence-electron chi connectivity index (χ1n) is 11.6.